The maximum Gasteiger partial charge on any atom is 0.320 e. The van der Waals surface area contributed by atoms with Crippen molar-refractivity contribution >= 4 is 17.7 Å². The van der Waals surface area contributed by atoms with E-state index in [0.29, 0.717) is 0 Å². The zero-order chi connectivity index (χ0) is 13.7. The molecule has 1 aliphatic carbocycles. The van der Waals surface area contributed by atoms with Gasteiger partial charge in [-0.05, 0) is 31.6 Å². The highest BCUT2D eigenvalue weighted by molar-refractivity contribution is 5.98. The fraction of sp³-hybridized carbons (Fsp3) is 0.786. The highest BCUT2D eigenvalue weighted by Gasteiger charge is 2.64. The molecule has 1 saturated heterocycles. The summed E-state index contributed by atoms with van der Waals surface area (Å²) in [6.45, 7) is 7.28. The van der Waals surface area contributed by atoms with E-state index in [1.165, 1.54) is 0 Å². The van der Waals surface area contributed by atoms with E-state index < -0.39 is 22.8 Å². The molecule has 0 bridgehead atoms. The van der Waals surface area contributed by atoms with E-state index in [-0.39, 0.29) is 24.0 Å². The number of hydrogen-bond donors (Lipinski definition) is 0. The second-order valence-corrected chi connectivity index (χ2v) is 6.29. The third-order valence-corrected chi connectivity index (χ3v) is 5.19. The highest BCUT2D eigenvalue weighted by atomic mass is 16.6. The first-order valence-electron chi connectivity index (χ1n) is 6.49. The van der Waals surface area contributed by atoms with Crippen molar-refractivity contribution in [3.05, 3.63) is 0 Å². The van der Waals surface area contributed by atoms with Crippen LogP contribution in [0.2, 0.25) is 0 Å². The molecule has 100 valence electrons. The van der Waals surface area contributed by atoms with Gasteiger partial charge in [-0.1, -0.05) is 20.8 Å². The lowest BCUT2D eigenvalue weighted by Crippen LogP contribution is -2.45. The van der Waals surface area contributed by atoms with Crippen LogP contribution in [0.5, 0.6) is 0 Å². The van der Waals surface area contributed by atoms with Crippen molar-refractivity contribution in [1.29, 1.82) is 0 Å². The van der Waals surface area contributed by atoms with E-state index in [9.17, 15) is 14.4 Å². The van der Waals surface area contributed by atoms with E-state index in [4.69, 9.17) is 4.74 Å². The minimum atomic E-state index is -0.772. The van der Waals surface area contributed by atoms with Crippen LogP contribution in [0, 0.1) is 22.7 Å². The summed E-state index contributed by atoms with van der Waals surface area (Å²) >= 11 is 0. The van der Waals surface area contributed by atoms with E-state index in [1.54, 1.807) is 6.92 Å². The van der Waals surface area contributed by atoms with E-state index in [2.05, 4.69) is 0 Å². The fourth-order valence-corrected chi connectivity index (χ4v) is 3.71. The maximum absolute atomic E-state index is 12.1. The minimum Gasteiger partial charge on any atom is -0.393 e. The normalized spacial score (nSPS) is 36.2. The van der Waals surface area contributed by atoms with Crippen LogP contribution < -0.4 is 0 Å². The topological polar surface area (TPSA) is 60.4 Å². The summed E-state index contributed by atoms with van der Waals surface area (Å²) < 4.78 is 4.79. The summed E-state index contributed by atoms with van der Waals surface area (Å²) in [5.41, 5.74) is -1.36. The number of hydrogen-bond acceptors (Lipinski definition) is 4. The third-order valence-electron chi connectivity index (χ3n) is 5.19. The Morgan fingerprint density at radius 3 is 2.39 bits per heavy atom. The first kappa shape index (κ1) is 13.2. The number of carbonyl (C=O) groups is 3. The molecule has 1 heterocycles. The predicted molar refractivity (Wildman–Crippen MR) is 64.5 cm³/mol. The quantitative estimate of drug-likeness (QED) is 0.558. The molecule has 1 saturated carbocycles. The predicted octanol–water partition coefficient (Wildman–Crippen LogP) is 2.11. The average molecular weight is 252 g/mol. The summed E-state index contributed by atoms with van der Waals surface area (Å²) in [5, 5.41) is 0. The van der Waals surface area contributed by atoms with Crippen molar-refractivity contribution < 1.29 is 19.1 Å². The lowest BCUT2D eigenvalue weighted by Gasteiger charge is -2.39. The number of Topliss-reactive ketones (excluding diaryl/α,β-unsaturated/α-hetero) is 1. The van der Waals surface area contributed by atoms with Crippen LogP contribution in [-0.2, 0) is 19.1 Å². The minimum absolute atomic E-state index is 0.0631. The molecule has 0 unspecified atom stereocenters. The van der Waals surface area contributed by atoms with Gasteiger partial charge in [-0.15, -0.1) is 0 Å². The Kier molecular flexibility index (Phi) is 2.87. The van der Waals surface area contributed by atoms with Crippen LogP contribution in [-0.4, -0.2) is 17.7 Å². The van der Waals surface area contributed by atoms with Gasteiger partial charge in [0.1, 0.15) is 5.78 Å². The van der Waals surface area contributed by atoms with E-state index >= 15 is 0 Å². The molecule has 0 aromatic heterocycles. The molecule has 0 aromatic carbocycles. The first-order valence-corrected chi connectivity index (χ1v) is 6.49. The molecule has 1 spiro atoms. The molecule has 2 aliphatic rings. The molecule has 2 rings (SSSR count). The van der Waals surface area contributed by atoms with Gasteiger partial charge in [-0.2, -0.15) is 0 Å². The summed E-state index contributed by atoms with van der Waals surface area (Å²) in [6, 6.07) is 0. The molecular formula is C14H20O4. The zero-order valence-corrected chi connectivity index (χ0v) is 11.4. The molecule has 0 amide bonds. The van der Waals surface area contributed by atoms with Crippen molar-refractivity contribution in [3.8, 4) is 0 Å². The van der Waals surface area contributed by atoms with Gasteiger partial charge in [0.2, 0.25) is 0 Å². The Bertz CT molecular complexity index is 424. The molecule has 0 N–H and O–H groups in total. The molecule has 4 nitrogen and oxygen atoms in total. The number of ketones is 1. The summed E-state index contributed by atoms with van der Waals surface area (Å²) in [7, 11) is 0. The Morgan fingerprint density at radius 1 is 1.33 bits per heavy atom. The second-order valence-electron chi connectivity index (χ2n) is 6.29. The fourth-order valence-electron chi connectivity index (χ4n) is 3.71. The van der Waals surface area contributed by atoms with Gasteiger partial charge in [0.05, 0.1) is 11.8 Å². The first-order chi connectivity index (χ1) is 8.22. The monoisotopic (exact) mass is 252 g/mol. The Balaban J connectivity index is 2.46. The molecule has 0 aromatic rings. The van der Waals surface area contributed by atoms with E-state index in [0.717, 1.165) is 12.8 Å². The lowest BCUT2D eigenvalue weighted by atomic mass is 9.60. The maximum atomic E-state index is 12.1. The van der Waals surface area contributed by atoms with Crippen molar-refractivity contribution in [2.24, 2.45) is 22.7 Å². The number of ether oxygens (including phenoxy) is 1. The summed E-state index contributed by atoms with van der Waals surface area (Å²) in [4.78, 5) is 35.5. The Morgan fingerprint density at radius 2 is 1.94 bits per heavy atom. The SMILES string of the molecule is CC(=O)C(C)(C)[C@@H]1CC[C@@H](C)[C@@]12CC(=O)OC2=O. The Hall–Kier alpha value is -1.19. The van der Waals surface area contributed by atoms with Crippen molar-refractivity contribution in [2.75, 3.05) is 0 Å². The highest BCUT2D eigenvalue weighted by Crippen LogP contribution is 2.59. The molecule has 18 heavy (non-hydrogen) atoms. The third kappa shape index (κ3) is 1.54. The smallest absolute Gasteiger partial charge is 0.320 e. The number of cyclic esters (lactones) is 2. The summed E-state index contributed by atoms with van der Waals surface area (Å²) in [5.74, 6) is -0.806. The Labute approximate surface area is 107 Å². The average Bonchev–Trinajstić information content (AvgIpc) is 2.71. The molecule has 0 radical (unpaired) electrons. The van der Waals surface area contributed by atoms with Crippen LogP contribution >= 0.6 is 0 Å². The lowest BCUT2D eigenvalue weighted by molar-refractivity contribution is -0.158. The molecule has 4 heteroatoms. The van der Waals surface area contributed by atoms with Crippen LogP contribution in [0.25, 0.3) is 0 Å². The van der Waals surface area contributed by atoms with Crippen LogP contribution in [0.4, 0.5) is 0 Å². The van der Waals surface area contributed by atoms with Crippen LogP contribution in [0.15, 0.2) is 0 Å². The van der Waals surface area contributed by atoms with Gasteiger partial charge < -0.3 is 4.74 Å². The van der Waals surface area contributed by atoms with Crippen molar-refractivity contribution in [3.63, 3.8) is 0 Å². The van der Waals surface area contributed by atoms with Gasteiger partial charge in [-0.3, -0.25) is 14.4 Å². The standard InChI is InChI=1S/C14H20O4/c1-8-5-6-10(13(3,4)9(2)15)14(8)7-11(16)18-12(14)17/h8,10H,5-7H2,1-4H3/t8-,10+,14+/m1/s1. The molecular weight excluding hydrogens is 232 g/mol. The zero-order valence-electron chi connectivity index (χ0n) is 11.4. The van der Waals surface area contributed by atoms with Gasteiger partial charge in [-0.25, -0.2) is 0 Å². The molecule has 3 atom stereocenters. The van der Waals surface area contributed by atoms with E-state index in [1.807, 2.05) is 20.8 Å². The van der Waals surface area contributed by atoms with Crippen molar-refractivity contribution in [2.45, 2.75) is 47.0 Å². The molecule has 2 fully saturated rings. The molecule has 1 aliphatic heterocycles. The van der Waals surface area contributed by atoms with Gasteiger partial charge in [0.25, 0.3) is 0 Å². The number of esters is 2. The largest absolute Gasteiger partial charge is 0.393 e. The second kappa shape index (κ2) is 3.90. The van der Waals surface area contributed by atoms with Gasteiger partial charge >= 0.3 is 11.9 Å². The van der Waals surface area contributed by atoms with Crippen LogP contribution in [0.3, 0.4) is 0 Å². The summed E-state index contributed by atoms with van der Waals surface area (Å²) in [6.07, 6.45) is 1.80. The van der Waals surface area contributed by atoms with Crippen LogP contribution in [0.1, 0.15) is 47.0 Å². The number of carbonyl (C=O) groups excluding carboxylic acids is 3. The van der Waals surface area contributed by atoms with Gasteiger partial charge in [0, 0.05) is 5.41 Å². The number of rotatable bonds is 2. The van der Waals surface area contributed by atoms with Gasteiger partial charge in [0.15, 0.2) is 0 Å². The van der Waals surface area contributed by atoms with Crippen molar-refractivity contribution in [1.82, 2.24) is 0 Å².